The van der Waals surface area contributed by atoms with Crippen molar-refractivity contribution >= 4 is 34.5 Å². The average Bonchev–Trinajstić information content (AvgIpc) is 3.09. The zero-order valence-corrected chi connectivity index (χ0v) is 13.3. The van der Waals surface area contributed by atoms with Crippen molar-refractivity contribution in [1.82, 2.24) is 5.32 Å². The zero-order chi connectivity index (χ0) is 17.5. The number of hydrogen-bond acceptors (Lipinski definition) is 6. The van der Waals surface area contributed by atoms with Crippen molar-refractivity contribution in [2.24, 2.45) is 0 Å². The summed E-state index contributed by atoms with van der Waals surface area (Å²) >= 11 is 1.40. The number of nitro groups is 1. The number of benzene rings is 1. The Morgan fingerprint density at radius 3 is 2.62 bits per heavy atom. The number of amides is 2. The van der Waals surface area contributed by atoms with Gasteiger partial charge in [-0.25, -0.2) is 0 Å². The van der Waals surface area contributed by atoms with Crippen LogP contribution in [0.25, 0.3) is 0 Å². The molecule has 0 aliphatic rings. The predicted octanol–water partition coefficient (Wildman–Crippen LogP) is 1.83. The fraction of sp³-hybridized carbons (Fsp3) is 0.200. The van der Waals surface area contributed by atoms with Gasteiger partial charge in [-0.3, -0.25) is 19.7 Å². The molecular formula is C15H15N3O5S. The Balaban J connectivity index is 1.85. The van der Waals surface area contributed by atoms with Crippen molar-refractivity contribution in [2.75, 3.05) is 11.9 Å². The van der Waals surface area contributed by atoms with Crippen LogP contribution in [0.3, 0.4) is 0 Å². The second-order valence-corrected chi connectivity index (χ2v) is 5.78. The maximum Gasteiger partial charge on any atom is 0.313 e. The number of rotatable bonds is 6. The minimum Gasteiger partial charge on any atom is -0.388 e. The zero-order valence-electron chi connectivity index (χ0n) is 12.5. The summed E-state index contributed by atoms with van der Waals surface area (Å²) in [6.45, 7) is 0.0994. The third kappa shape index (κ3) is 4.61. The van der Waals surface area contributed by atoms with Crippen LogP contribution in [0.1, 0.15) is 17.4 Å². The van der Waals surface area contributed by atoms with E-state index in [1.807, 2.05) is 11.4 Å². The average molecular weight is 349 g/mol. The van der Waals surface area contributed by atoms with Crippen molar-refractivity contribution in [3.05, 3.63) is 56.8 Å². The highest BCUT2D eigenvalue weighted by Crippen LogP contribution is 2.23. The summed E-state index contributed by atoms with van der Waals surface area (Å²) in [5, 5.41) is 27.1. The maximum atomic E-state index is 11.8. The number of nitrogens with zero attached hydrogens (tertiary/aromatic N) is 1. The number of carbonyl (C=O) groups excluding carboxylic acids is 2. The minimum atomic E-state index is -1.00. The number of nitrogens with one attached hydrogen (secondary N) is 2. The van der Waals surface area contributed by atoms with Gasteiger partial charge >= 0.3 is 11.8 Å². The lowest BCUT2D eigenvalue weighted by atomic mass is 10.2. The van der Waals surface area contributed by atoms with Gasteiger partial charge in [-0.15, -0.1) is 11.3 Å². The summed E-state index contributed by atoms with van der Waals surface area (Å²) < 4.78 is 0. The van der Waals surface area contributed by atoms with Gasteiger partial charge in [-0.1, -0.05) is 18.2 Å². The van der Waals surface area contributed by atoms with Crippen molar-refractivity contribution < 1.29 is 19.6 Å². The van der Waals surface area contributed by atoms with Gasteiger partial charge in [0, 0.05) is 17.5 Å². The van der Waals surface area contributed by atoms with Crippen molar-refractivity contribution in [1.29, 1.82) is 0 Å². The number of nitro benzene ring substituents is 1. The second kappa shape index (κ2) is 8.18. The first-order valence-corrected chi connectivity index (χ1v) is 7.91. The van der Waals surface area contributed by atoms with Crippen LogP contribution in [0.2, 0.25) is 0 Å². The Morgan fingerprint density at radius 2 is 1.96 bits per heavy atom. The third-order valence-electron chi connectivity index (χ3n) is 3.13. The van der Waals surface area contributed by atoms with Crippen LogP contribution < -0.4 is 10.6 Å². The van der Waals surface area contributed by atoms with E-state index in [2.05, 4.69) is 10.6 Å². The molecule has 0 radical (unpaired) electrons. The van der Waals surface area contributed by atoms with Gasteiger partial charge in [0.05, 0.1) is 11.0 Å². The summed E-state index contributed by atoms with van der Waals surface area (Å²) in [7, 11) is 0. The van der Waals surface area contributed by atoms with Crippen LogP contribution in [-0.4, -0.2) is 28.4 Å². The van der Waals surface area contributed by atoms with E-state index >= 15 is 0 Å². The number of aliphatic hydroxyl groups is 1. The van der Waals surface area contributed by atoms with Gasteiger partial charge in [0.25, 0.3) is 5.69 Å². The first kappa shape index (κ1) is 17.6. The van der Waals surface area contributed by atoms with Crippen molar-refractivity contribution in [2.45, 2.75) is 12.5 Å². The van der Waals surface area contributed by atoms with E-state index in [0.717, 1.165) is 4.88 Å². The van der Waals surface area contributed by atoms with E-state index < -0.39 is 22.8 Å². The van der Waals surface area contributed by atoms with Crippen molar-refractivity contribution in [3.8, 4) is 0 Å². The fourth-order valence-electron chi connectivity index (χ4n) is 1.94. The summed E-state index contributed by atoms with van der Waals surface area (Å²) in [5.74, 6) is -1.93. The van der Waals surface area contributed by atoms with Crippen LogP contribution in [0.4, 0.5) is 11.4 Å². The molecule has 24 heavy (non-hydrogen) atoms. The van der Waals surface area contributed by atoms with Crippen LogP contribution in [0.15, 0.2) is 41.8 Å². The Hall–Kier alpha value is -2.78. The molecule has 0 saturated heterocycles. The molecule has 0 saturated carbocycles. The smallest absolute Gasteiger partial charge is 0.313 e. The van der Waals surface area contributed by atoms with Gasteiger partial charge in [-0.2, -0.15) is 0 Å². The first-order valence-electron chi connectivity index (χ1n) is 7.03. The number of carbonyl (C=O) groups is 2. The van der Waals surface area contributed by atoms with E-state index in [1.54, 1.807) is 6.07 Å². The number of anilines is 1. The molecule has 0 fully saturated rings. The highest BCUT2D eigenvalue weighted by molar-refractivity contribution is 7.10. The standard InChI is InChI=1S/C15H15N3O5S/c19-12(13-6-3-9-24-13)7-8-16-14(20)15(21)17-10-4-1-2-5-11(10)18(22)23/h1-6,9,12,19H,7-8H2,(H,16,20)(H,17,21). The molecule has 1 atom stereocenters. The van der Waals surface area contributed by atoms with Crippen LogP contribution in [0, 0.1) is 10.1 Å². The molecule has 0 bridgehead atoms. The van der Waals surface area contributed by atoms with Gasteiger partial charge in [0.1, 0.15) is 5.69 Å². The molecule has 2 rings (SSSR count). The van der Waals surface area contributed by atoms with Gasteiger partial charge in [-0.05, 0) is 23.9 Å². The summed E-state index contributed by atoms with van der Waals surface area (Å²) in [4.78, 5) is 34.5. The van der Waals surface area contributed by atoms with Gasteiger partial charge in [0.15, 0.2) is 0 Å². The topological polar surface area (TPSA) is 122 Å². The largest absolute Gasteiger partial charge is 0.388 e. The molecular weight excluding hydrogens is 334 g/mol. The van der Waals surface area contributed by atoms with E-state index in [0.29, 0.717) is 0 Å². The minimum absolute atomic E-state index is 0.0544. The molecule has 0 aliphatic carbocycles. The third-order valence-corrected chi connectivity index (χ3v) is 4.10. The summed E-state index contributed by atoms with van der Waals surface area (Å²) in [5.41, 5.74) is -0.354. The van der Waals surface area contributed by atoms with Crippen molar-refractivity contribution in [3.63, 3.8) is 0 Å². The predicted molar refractivity (Wildman–Crippen MR) is 88.6 cm³/mol. The van der Waals surface area contributed by atoms with E-state index in [9.17, 15) is 24.8 Å². The quantitative estimate of drug-likeness (QED) is 0.417. The Kier molecular flexibility index (Phi) is 5.99. The molecule has 2 amide bonds. The van der Waals surface area contributed by atoms with Gasteiger partial charge < -0.3 is 15.7 Å². The molecule has 2 aromatic rings. The molecule has 1 aromatic heterocycles. The Bertz CT molecular complexity index is 732. The molecule has 1 aromatic carbocycles. The molecule has 8 nitrogen and oxygen atoms in total. The molecule has 9 heteroatoms. The molecule has 3 N–H and O–H groups in total. The van der Waals surface area contributed by atoms with E-state index in [1.165, 1.54) is 35.6 Å². The summed E-state index contributed by atoms with van der Waals surface area (Å²) in [6.07, 6.45) is -0.464. The number of aliphatic hydroxyl groups excluding tert-OH is 1. The second-order valence-electron chi connectivity index (χ2n) is 4.80. The lowest BCUT2D eigenvalue weighted by Gasteiger charge is -2.10. The molecule has 0 spiro atoms. The fourth-order valence-corrected chi connectivity index (χ4v) is 2.69. The monoisotopic (exact) mass is 349 g/mol. The Labute approximate surface area is 141 Å². The first-order chi connectivity index (χ1) is 11.5. The molecule has 1 heterocycles. The van der Waals surface area contributed by atoms with E-state index in [4.69, 9.17) is 0 Å². The summed E-state index contributed by atoms with van der Waals surface area (Å²) in [6, 6.07) is 9.12. The number of para-hydroxylation sites is 2. The van der Waals surface area contributed by atoms with E-state index in [-0.39, 0.29) is 24.3 Å². The SMILES string of the molecule is O=C(NCCC(O)c1cccs1)C(=O)Nc1ccccc1[N+](=O)[O-]. The molecule has 126 valence electrons. The van der Waals surface area contributed by atoms with Crippen LogP contribution >= 0.6 is 11.3 Å². The lowest BCUT2D eigenvalue weighted by Crippen LogP contribution is -2.36. The van der Waals surface area contributed by atoms with Gasteiger partial charge in [0.2, 0.25) is 0 Å². The maximum absolute atomic E-state index is 11.8. The Morgan fingerprint density at radius 1 is 1.21 bits per heavy atom. The molecule has 1 unspecified atom stereocenters. The van der Waals surface area contributed by atoms with Crippen LogP contribution in [0.5, 0.6) is 0 Å². The lowest BCUT2D eigenvalue weighted by molar-refractivity contribution is -0.383. The normalized spacial score (nSPS) is 11.5. The number of hydrogen-bond donors (Lipinski definition) is 3. The molecule has 0 aliphatic heterocycles. The van der Waals surface area contributed by atoms with Crippen LogP contribution in [-0.2, 0) is 9.59 Å². The highest BCUT2D eigenvalue weighted by atomic mass is 32.1. The number of thiophene rings is 1. The highest BCUT2D eigenvalue weighted by Gasteiger charge is 2.19.